The van der Waals surface area contributed by atoms with Gasteiger partial charge in [0.25, 0.3) is 0 Å². The van der Waals surface area contributed by atoms with Gasteiger partial charge in [-0.2, -0.15) is 0 Å². The molecule has 1 aromatic rings. The minimum Gasteiger partial charge on any atom is -0.467 e. The second-order valence-electron chi connectivity index (χ2n) is 5.23. The maximum atomic E-state index is 12.3. The van der Waals surface area contributed by atoms with Crippen molar-refractivity contribution >= 4 is 12.1 Å². The van der Waals surface area contributed by atoms with Crippen LogP contribution in [0.3, 0.4) is 0 Å². The van der Waals surface area contributed by atoms with Crippen molar-refractivity contribution < 1.29 is 19.1 Å². The van der Waals surface area contributed by atoms with Gasteiger partial charge in [0, 0.05) is 6.54 Å². The van der Waals surface area contributed by atoms with Gasteiger partial charge in [-0.25, -0.2) is 9.59 Å². The number of nitrogens with zero attached hydrogens (tertiary/aromatic N) is 1. The summed E-state index contributed by atoms with van der Waals surface area (Å²) >= 11 is 0. The minimum absolute atomic E-state index is 0.0522. The molecule has 0 fully saturated rings. The summed E-state index contributed by atoms with van der Waals surface area (Å²) in [5.41, 5.74) is 6.48. The molecule has 0 spiro atoms. The zero-order valence-electron chi connectivity index (χ0n) is 13.3. The lowest BCUT2D eigenvalue weighted by atomic mass is 10.1. The predicted octanol–water partition coefficient (Wildman–Crippen LogP) is 1.78. The summed E-state index contributed by atoms with van der Waals surface area (Å²) in [5.74, 6) is -0.433. The largest absolute Gasteiger partial charge is 0.467 e. The fourth-order valence-corrected chi connectivity index (χ4v) is 1.90. The van der Waals surface area contributed by atoms with E-state index in [1.54, 1.807) is 6.92 Å². The average Bonchev–Trinajstić information content (AvgIpc) is 2.56. The summed E-state index contributed by atoms with van der Waals surface area (Å²) in [5, 5.41) is 0. The van der Waals surface area contributed by atoms with Crippen LogP contribution in [0.25, 0.3) is 0 Å². The third-order valence-corrected chi connectivity index (χ3v) is 3.36. The summed E-state index contributed by atoms with van der Waals surface area (Å²) in [6.45, 7) is 4.41. The van der Waals surface area contributed by atoms with Crippen LogP contribution in [0.5, 0.6) is 0 Å². The maximum Gasteiger partial charge on any atom is 0.410 e. The molecule has 2 atom stereocenters. The van der Waals surface area contributed by atoms with E-state index < -0.39 is 18.1 Å². The van der Waals surface area contributed by atoms with Gasteiger partial charge in [-0.15, -0.1) is 0 Å². The number of hydrogen-bond acceptors (Lipinski definition) is 5. The van der Waals surface area contributed by atoms with Crippen LogP contribution in [0.1, 0.15) is 19.4 Å². The second-order valence-corrected chi connectivity index (χ2v) is 5.23. The van der Waals surface area contributed by atoms with Crippen LogP contribution < -0.4 is 5.73 Å². The van der Waals surface area contributed by atoms with Gasteiger partial charge in [-0.3, -0.25) is 4.90 Å². The first-order chi connectivity index (χ1) is 10.5. The van der Waals surface area contributed by atoms with Crippen LogP contribution in [0.2, 0.25) is 0 Å². The van der Waals surface area contributed by atoms with Crippen molar-refractivity contribution in [2.75, 3.05) is 20.2 Å². The molecule has 6 nitrogen and oxygen atoms in total. The molecule has 1 rings (SSSR count). The smallest absolute Gasteiger partial charge is 0.410 e. The van der Waals surface area contributed by atoms with Crippen LogP contribution in [0, 0.1) is 5.92 Å². The molecule has 0 saturated heterocycles. The van der Waals surface area contributed by atoms with E-state index in [4.69, 9.17) is 15.2 Å². The highest BCUT2D eigenvalue weighted by Gasteiger charge is 2.28. The molecule has 0 radical (unpaired) electrons. The van der Waals surface area contributed by atoms with Crippen molar-refractivity contribution in [1.82, 2.24) is 4.90 Å². The van der Waals surface area contributed by atoms with Gasteiger partial charge >= 0.3 is 12.1 Å². The Hall–Kier alpha value is -2.08. The van der Waals surface area contributed by atoms with Gasteiger partial charge in [0.1, 0.15) is 12.6 Å². The number of carbonyl (C=O) groups is 2. The van der Waals surface area contributed by atoms with Crippen molar-refractivity contribution in [3.63, 3.8) is 0 Å². The molecule has 2 N–H and O–H groups in total. The van der Waals surface area contributed by atoms with Gasteiger partial charge in [0.05, 0.1) is 7.11 Å². The molecule has 1 amide bonds. The van der Waals surface area contributed by atoms with E-state index in [0.29, 0.717) is 13.1 Å². The lowest BCUT2D eigenvalue weighted by Crippen LogP contribution is -2.46. The van der Waals surface area contributed by atoms with E-state index in [2.05, 4.69) is 0 Å². The number of benzene rings is 1. The molecule has 0 heterocycles. The quantitative estimate of drug-likeness (QED) is 0.776. The zero-order valence-corrected chi connectivity index (χ0v) is 13.3. The molecular weight excluding hydrogens is 284 g/mol. The van der Waals surface area contributed by atoms with Gasteiger partial charge in [0.15, 0.2) is 0 Å². The highest BCUT2D eigenvalue weighted by molar-refractivity contribution is 5.81. The first-order valence-electron chi connectivity index (χ1n) is 7.24. The normalized spacial score (nSPS) is 13.1. The van der Waals surface area contributed by atoms with Crippen LogP contribution in [-0.4, -0.2) is 43.2 Å². The fourth-order valence-electron chi connectivity index (χ4n) is 1.90. The third-order valence-electron chi connectivity index (χ3n) is 3.36. The van der Waals surface area contributed by atoms with Crippen LogP contribution >= 0.6 is 0 Å². The Morgan fingerprint density at radius 2 is 1.86 bits per heavy atom. The Morgan fingerprint density at radius 1 is 1.23 bits per heavy atom. The van der Waals surface area contributed by atoms with Gasteiger partial charge in [-0.1, -0.05) is 37.3 Å². The van der Waals surface area contributed by atoms with E-state index in [1.165, 1.54) is 12.0 Å². The third kappa shape index (κ3) is 5.37. The first-order valence-corrected chi connectivity index (χ1v) is 7.24. The Labute approximate surface area is 131 Å². The first kappa shape index (κ1) is 18.0. The lowest BCUT2D eigenvalue weighted by Gasteiger charge is -2.28. The number of nitrogens with two attached hydrogens (primary N) is 1. The van der Waals surface area contributed by atoms with E-state index in [9.17, 15) is 9.59 Å². The maximum absolute atomic E-state index is 12.3. The molecule has 1 unspecified atom stereocenters. The average molecular weight is 308 g/mol. The molecule has 0 aromatic heterocycles. The number of rotatable bonds is 7. The minimum atomic E-state index is -0.720. The summed E-state index contributed by atoms with van der Waals surface area (Å²) < 4.78 is 9.99. The molecule has 22 heavy (non-hydrogen) atoms. The van der Waals surface area contributed by atoms with Gasteiger partial charge < -0.3 is 15.2 Å². The lowest BCUT2D eigenvalue weighted by molar-refractivity contribution is -0.146. The number of amides is 1. The summed E-state index contributed by atoms with van der Waals surface area (Å²) in [7, 11) is 1.29. The highest BCUT2D eigenvalue weighted by atomic mass is 16.6. The number of ether oxygens (including phenoxy) is 2. The Morgan fingerprint density at radius 3 is 2.41 bits per heavy atom. The van der Waals surface area contributed by atoms with Crippen molar-refractivity contribution in [3.05, 3.63) is 35.9 Å². The van der Waals surface area contributed by atoms with E-state index >= 15 is 0 Å². The van der Waals surface area contributed by atoms with Crippen molar-refractivity contribution in [3.8, 4) is 0 Å². The molecule has 0 aliphatic carbocycles. The topological polar surface area (TPSA) is 81.9 Å². The zero-order chi connectivity index (χ0) is 16.5. The van der Waals surface area contributed by atoms with E-state index in [1.807, 2.05) is 37.3 Å². The summed E-state index contributed by atoms with van der Waals surface area (Å²) in [4.78, 5) is 25.3. The fraction of sp³-hybridized carbons (Fsp3) is 0.500. The summed E-state index contributed by atoms with van der Waals surface area (Å²) in [6.07, 6.45) is -0.554. The van der Waals surface area contributed by atoms with Crippen LogP contribution in [-0.2, 0) is 20.9 Å². The number of methoxy groups -OCH3 is 1. The molecule has 0 aliphatic heterocycles. The molecule has 0 aliphatic rings. The molecule has 0 saturated carbocycles. The number of hydrogen-bond donors (Lipinski definition) is 1. The molecule has 122 valence electrons. The Balaban J connectivity index is 2.72. The Bertz CT molecular complexity index is 478. The van der Waals surface area contributed by atoms with Crippen molar-refractivity contribution in [2.24, 2.45) is 11.7 Å². The highest BCUT2D eigenvalue weighted by Crippen LogP contribution is 2.10. The molecule has 6 heteroatoms. The van der Waals surface area contributed by atoms with Gasteiger partial charge in [0.2, 0.25) is 0 Å². The van der Waals surface area contributed by atoms with Gasteiger partial charge in [-0.05, 0) is 24.9 Å². The monoisotopic (exact) mass is 308 g/mol. The van der Waals surface area contributed by atoms with Crippen molar-refractivity contribution in [1.29, 1.82) is 0 Å². The number of carbonyl (C=O) groups excluding carboxylic acids is 2. The van der Waals surface area contributed by atoms with E-state index in [0.717, 1.165) is 5.56 Å². The molecular formula is C16H24N2O4. The summed E-state index contributed by atoms with van der Waals surface area (Å²) in [6, 6.07) is 8.64. The second kappa shape index (κ2) is 9.04. The number of esters is 1. The molecule has 1 aromatic carbocycles. The van der Waals surface area contributed by atoms with Crippen LogP contribution in [0.4, 0.5) is 4.79 Å². The SMILES string of the molecule is COC(=O)[C@@H](C)N(CC(C)CN)C(=O)OCc1ccccc1. The molecule has 0 bridgehead atoms. The predicted molar refractivity (Wildman–Crippen MR) is 83.0 cm³/mol. The Kier molecular flexibility index (Phi) is 7.39. The van der Waals surface area contributed by atoms with Crippen molar-refractivity contribution in [2.45, 2.75) is 26.5 Å². The van der Waals surface area contributed by atoms with Crippen LogP contribution in [0.15, 0.2) is 30.3 Å². The standard InChI is InChI=1S/C16H24N2O4/c1-12(9-17)10-18(13(2)15(19)21-3)16(20)22-11-14-7-5-4-6-8-14/h4-8,12-13H,9-11,17H2,1-3H3/t12?,13-/m1/s1. The van der Waals surface area contributed by atoms with E-state index in [-0.39, 0.29) is 12.5 Å².